The van der Waals surface area contributed by atoms with Gasteiger partial charge in [-0.15, -0.1) is 0 Å². The van der Waals surface area contributed by atoms with Crippen molar-refractivity contribution in [3.8, 4) is 0 Å². The Kier molecular flexibility index (Phi) is 2.33. The second-order valence-electron chi connectivity index (χ2n) is 5.04. The maximum atomic E-state index is 12.1. The van der Waals surface area contributed by atoms with Gasteiger partial charge in [0.15, 0.2) is 0 Å². The van der Waals surface area contributed by atoms with Crippen molar-refractivity contribution in [3.63, 3.8) is 0 Å². The maximum Gasteiger partial charge on any atom is 0.241 e. The lowest BCUT2D eigenvalue weighted by Gasteiger charge is -2.43. The van der Waals surface area contributed by atoms with Gasteiger partial charge in [0.25, 0.3) is 0 Å². The third kappa shape index (κ3) is 1.69. The number of hydrogen-bond donors (Lipinski definition) is 1. The van der Waals surface area contributed by atoms with Gasteiger partial charge in [0.2, 0.25) is 5.91 Å². The van der Waals surface area contributed by atoms with E-state index in [0.717, 1.165) is 30.8 Å². The van der Waals surface area contributed by atoms with Crippen molar-refractivity contribution in [1.29, 1.82) is 0 Å². The molecule has 2 heterocycles. The molecule has 17 heavy (non-hydrogen) atoms. The predicted molar refractivity (Wildman–Crippen MR) is 67.9 cm³/mol. The van der Waals surface area contributed by atoms with Crippen molar-refractivity contribution in [1.82, 2.24) is 4.90 Å². The summed E-state index contributed by atoms with van der Waals surface area (Å²) in [5, 5.41) is 0. The van der Waals surface area contributed by atoms with Crippen LogP contribution in [0, 0.1) is 0 Å². The number of nitrogens with zero attached hydrogens (tertiary/aromatic N) is 2. The van der Waals surface area contributed by atoms with E-state index in [2.05, 4.69) is 4.90 Å². The standard InChI is InChI=1S/C13H17N3O/c1-15-7-11-4-2-9-6-10(14)3-5-12(9)16(11)13(17)8-15/h3,5-6,11H,2,4,7-8,14H2,1H3/t11-/m1/s1. The summed E-state index contributed by atoms with van der Waals surface area (Å²) in [6.07, 6.45) is 2.05. The van der Waals surface area contributed by atoms with Crippen LogP contribution in [0.1, 0.15) is 12.0 Å². The van der Waals surface area contributed by atoms with Crippen LogP contribution in [0.5, 0.6) is 0 Å². The highest BCUT2D eigenvalue weighted by molar-refractivity contribution is 5.97. The van der Waals surface area contributed by atoms with Crippen molar-refractivity contribution in [2.24, 2.45) is 0 Å². The largest absolute Gasteiger partial charge is 0.399 e. The van der Waals surface area contributed by atoms with Crippen molar-refractivity contribution in [2.45, 2.75) is 18.9 Å². The Morgan fingerprint density at radius 1 is 1.41 bits per heavy atom. The van der Waals surface area contributed by atoms with Gasteiger partial charge in [-0.3, -0.25) is 9.69 Å². The van der Waals surface area contributed by atoms with E-state index in [9.17, 15) is 4.79 Å². The monoisotopic (exact) mass is 231 g/mol. The number of fused-ring (bicyclic) bond motifs is 3. The zero-order chi connectivity index (χ0) is 12.0. The minimum absolute atomic E-state index is 0.203. The number of anilines is 2. The van der Waals surface area contributed by atoms with Crippen LogP contribution in [0.15, 0.2) is 18.2 Å². The van der Waals surface area contributed by atoms with Crippen molar-refractivity contribution in [2.75, 3.05) is 30.8 Å². The molecular weight excluding hydrogens is 214 g/mol. The summed E-state index contributed by atoms with van der Waals surface area (Å²) in [4.78, 5) is 16.2. The summed E-state index contributed by atoms with van der Waals surface area (Å²) in [5.41, 5.74) is 8.85. The SMILES string of the molecule is CN1CC(=O)N2c3ccc(N)cc3CC[C@@H]2C1. The van der Waals surface area contributed by atoms with Crippen LogP contribution in [0.4, 0.5) is 11.4 Å². The summed E-state index contributed by atoms with van der Waals surface area (Å²) in [6, 6.07) is 6.20. The van der Waals surface area contributed by atoms with Crippen LogP contribution in [0.2, 0.25) is 0 Å². The highest BCUT2D eigenvalue weighted by atomic mass is 16.2. The fourth-order valence-corrected chi connectivity index (χ4v) is 2.93. The first kappa shape index (κ1) is 10.6. The zero-order valence-corrected chi connectivity index (χ0v) is 10.0. The van der Waals surface area contributed by atoms with E-state index < -0.39 is 0 Å². The van der Waals surface area contributed by atoms with E-state index in [-0.39, 0.29) is 5.91 Å². The fraction of sp³-hybridized carbons (Fsp3) is 0.462. The smallest absolute Gasteiger partial charge is 0.241 e. The first-order valence-electron chi connectivity index (χ1n) is 6.04. The first-order chi connectivity index (χ1) is 8.15. The van der Waals surface area contributed by atoms with Crippen LogP contribution >= 0.6 is 0 Å². The number of nitrogens with two attached hydrogens (primary N) is 1. The second kappa shape index (κ2) is 3.74. The van der Waals surface area contributed by atoms with Gasteiger partial charge < -0.3 is 10.6 Å². The van der Waals surface area contributed by atoms with Crippen molar-refractivity contribution < 1.29 is 4.79 Å². The molecule has 1 atom stereocenters. The molecule has 0 aliphatic carbocycles. The van der Waals surface area contributed by atoms with Gasteiger partial charge in [-0.2, -0.15) is 0 Å². The van der Waals surface area contributed by atoms with Crippen molar-refractivity contribution >= 4 is 17.3 Å². The van der Waals surface area contributed by atoms with Crippen LogP contribution in [0.25, 0.3) is 0 Å². The summed E-state index contributed by atoms with van der Waals surface area (Å²) in [5.74, 6) is 0.203. The maximum absolute atomic E-state index is 12.1. The predicted octanol–water partition coefficient (Wildman–Crippen LogP) is 0.862. The molecule has 2 aliphatic heterocycles. The third-order valence-corrected chi connectivity index (χ3v) is 3.67. The van der Waals surface area contributed by atoms with Crippen molar-refractivity contribution in [3.05, 3.63) is 23.8 Å². The molecule has 0 spiro atoms. The van der Waals surface area contributed by atoms with E-state index in [4.69, 9.17) is 5.73 Å². The average molecular weight is 231 g/mol. The topological polar surface area (TPSA) is 49.6 Å². The molecule has 1 aromatic rings. The number of amides is 1. The molecule has 2 N–H and O–H groups in total. The lowest BCUT2D eigenvalue weighted by molar-refractivity contribution is -0.122. The summed E-state index contributed by atoms with van der Waals surface area (Å²) < 4.78 is 0. The number of nitrogen functional groups attached to an aromatic ring is 1. The molecule has 1 fully saturated rings. The van der Waals surface area contributed by atoms with Crippen LogP contribution in [-0.4, -0.2) is 37.0 Å². The molecular formula is C13H17N3O. The van der Waals surface area contributed by atoms with Gasteiger partial charge in [0.05, 0.1) is 6.54 Å². The number of likely N-dealkylation sites (N-methyl/N-ethyl adjacent to an activating group) is 1. The summed E-state index contributed by atoms with van der Waals surface area (Å²) in [7, 11) is 2.01. The van der Waals surface area contributed by atoms with Crippen LogP contribution in [0.3, 0.4) is 0 Å². The van der Waals surface area contributed by atoms with Gasteiger partial charge in [-0.05, 0) is 43.7 Å². The molecule has 3 rings (SSSR count). The molecule has 4 heteroatoms. The van der Waals surface area contributed by atoms with Gasteiger partial charge in [-0.1, -0.05) is 0 Å². The Hall–Kier alpha value is -1.55. The summed E-state index contributed by atoms with van der Waals surface area (Å²) >= 11 is 0. The van der Waals surface area contributed by atoms with Gasteiger partial charge in [-0.25, -0.2) is 0 Å². The lowest BCUT2D eigenvalue weighted by atomic mass is 9.93. The number of rotatable bonds is 0. The molecule has 1 aromatic carbocycles. The zero-order valence-electron chi connectivity index (χ0n) is 10.0. The number of aryl methyl sites for hydroxylation is 1. The van der Waals surface area contributed by atoms with Crippen LogP contribution < -0.4 is 10.6 Å². The Morgan fingerprint density at radius 2 is 2.24 bits per heavy atom. The average Bonchev–Trinajstić information content (AvgIpc) is 2.28. The highest BCUT2D eigenvalue weighted by Crippen LogP contribution is 2.33. The van der Waals surface area contributed by atoms with E-state index in [1.165, 1.54) is 5.56 Å². The van der Waals surface area contributed by atoms with Gasteiger partial charge >= 0.3 is 0 Å². The second-order valence-corrected chi connectivity index (χ2v) is 5.04. The molecule has 0 bridgehead atoms. The first-order valence-corrected chi connectivity index (χ1v) is 6.04. The Balaban J connectivity index is 2.02. The number of piperazine rings is 1. The fourth-order valence-electron chi connectivity index (χ4n) is 2.93. The molecule has 1 saturated heterocycles. The summed E-state index contributed by atoms with van der Waals surface area (Å²) in [6.45, 7) is 1.48. The molecule has 0 unspecified atom stereocenters. The molecule has 2 aliphatic rings. The third-order valence-electron chi connectivity index (χ3n) is 3.67. The Morgan fingerprint density at radius 3 is 3.06 bits per heavy atom. The van der Waals surface area contributed by atoms with E-state index in [1.807, 2.05) is 30.1 Å². The molecule has 0 aromatic heterocycles. The number of benzene rings is 1. The Labute approximate surface area is 101 Å². The minimum atomic E-state index is 0.203. The quantitative estimate of drug-likeness (QED) is 0.674. The van der Waals surface area contributed by atoms with Gasteiger partial charge in [0.1, 0.15) is 0 Å². The molecule has 0 radical (unpaired) electrons. The minimum Gasteiger partial charge on any atom is -0.399 e. The Bertz CT molecular complexity index is 472. The number of carbonyl (C=O) groups excluding carboxylic acids is 1. The highest BCUT2D eigenvalue weighted by Gasteiger charge is 2.35. The number of carbonyl (C=O) groups is 1. The molecule has 0 saturated carbocycles. The van der Waals surface area contributed by atoms with E-state index in [1.54, 1.807) is 0 Å². The normalized spacial score (nSPS) is 24.4. The van der Waals surface area contributed by atoms with E-state index >= 15 is 0 Å². The van der Waals surface area contributed by atoms with E-state index in [0.29, 0.717) is 12.6 Å². The molecule has 90 valence electrons. The molecule has 4 nitrogen and oxygen atoms in total. The van der Waals surface area contributed by atoms with Crippen LogP contribution in [-0.2, 0) is 11.2 Å². The lowest BCUT2D eigenvalue weighted by Crippen LogP contribution is -2.57. The molecule has 1 amide bonds. The number of hydrogen-bond acceptors (Lipinski definition) is 3. The van der Waals surface area contributed by atoms with Gasteiger partial charge in [0, 0.05) is 24.0 Å².